The van der Waals surface area contributed by atoms with E-state index >= 15 is 0 Å². The molecular formula is C33H41F3N4O5. The number of carboxylic acids is 1. The summed E-state index contributed by atoms with van der Waals surface area (Å²) >= 11 is 0. The number of carboxylic acid groups (broad SMARTS) is 1. The number of fused-ring (bicyclic) bond motifs is 2. The van der Waals surface area contributed by atoms with Gasteiger partial charge in [-0.3, -0.25) is 4.79 Å². The van der Waals surface area contributed by atoms with E-state index < -0.39 is 34.8 Å². The minimum absolute atomic E-state index is 0.138. The molecular weight excluding hydrogens is 589 g/mol. The van der Waals surface area contributed by atoms with Crippen molar-refractivity contribution in [3.63, 3.8) is 0 Å². The lowest BCUT2D eigenvalue weighted by molar-refractivity contribution is -0.145. The summed E-state index contributed by atoms with van der Waals surface area (Å²) in [5, 5.41) is 12.3. The summed E-state index contributed by atoms with van der Waals surface area (Å²) in [6.07, 6.45) is 6.11. The number of carbonyl (C=O) groups excluding carboxylic acids is 1. The summed E-state index contributed by atoms with van der Waals surface area (Å²) in [6, 6.07) is 5.76. The summed E-state index contributed by atoms with van der Waals surface area (Å²) in [4.78, 5) is 35.2. The van der Waals surface area contributed by atoms with Crippen LogP contribution in [0.1, 0.15) is 105 Å². The van der Waals surface area contributed by atoms with Crippen molar-refractivity contribution in [3.05, 3.63) is 41.2 Å². The predicted molar refractivity (Wildman–Crippen MR) is 160 cm³/mol. The molecule has 2 aliphatic heterocycles. The average Bonchev–Trinajstić information content (AvgIpc) is 3.34. The molecule has 2 N–H and O–H groups in total. The van der Waals surface area contributed by atoms with E-state index in [4.69, 9.17) is 9.47 Å². The van der Waals surface area contributed by atoms with Gasteiger partial charge in [-0.2, -0.15) is 13.2 Å². The summed E-state index contributed by atoms with van der Waals surface area (Å²) in [6.45, 7) is 2.59. The maximum atomic E-state index is 14.4. The normalized spacial score (nSPS) is 21.4. The molecule has 2 saturated carbocycles. The quantitative estimate of drug-likeness (QED) is 0.337. The first-order chi connectivity index (χ1) is 21.6. The zero-order chi connectivity index (χ0) is 31.7. The van der Waals surface area contributed by atoms with Gasteiger partial charge < -0.3 is 24.8 Å². The third-order valence-electron chi connectivity index (χ3n) is 10.2. The highest BCUT2D eigenvalue weighted by Crippen LogP contribution is 2.52. The second-order valence-corrected chi connectivity index (χ2v) is 13.1. The van der Waals surface area contributed by atoms with Gasteiger partial charge in [0.05, 0.1) is 12.2 Å². The smallest absolute Gasteiger partial charge is 0.434 e. The molecule has 3 fully saturated rings. The van der Waals surface area contributed by atoms with Crippen LogP contribution in [-0.4, -0.2) is 58.9 Å². The number of amides is 1. The highest BCUT2D eigenvalue weighted by atomic mass is 19.4. The van der Waals surface area contributed by atoms with Gasteiger partial charge in [0.25, 0.3) is 5.91 Å². The number of alkyl halides is 3. The number of nitrogens with one attached hydrogen (secondary N) is 1. The minimum atomic E-state index is -4.96. The molecule has 0 atom stereocenters. The molecule has 1 amide bonds. The van der Waals surface area contributed by atoms with E-state index in [1.54, 1.807) is 4.90 Å². The summed E-state index contributed by atoms with van der Waals surface area (Å²) in [7, 11) is 0. The van der Waals surface area contributed by atoms with Gasteiger partial charge in [-0.05, 0) is 74.6 Å². The molecule has 2 aliphatic carbocycles. The van der Waals surface area contributed by atoms with Crippen LogP contribution in [0.3, 0.4) is 0 Å². The number of hydrogen-bond donors (Lipinski definition) is 2. The van der Waals surface area contributed by atoms with E-state index in [9.17, 15) is 27.9 Å². The fourth-order valence-corrected chi connectivity index (χ4v) is 7.67. The molecule has 0 bridgehead atoms. The SMILES string of the molecule is O=C(NC1(C(=O)O)CCCCC1)c1cnc(N2CC3(CCCCC3)c3cc(OCCC4CCOCC4)ccc32)nc1C(F)(F)F. The number of aromatic nitrogens is 2. The number of aliphatic carboxylic acids is 1. The van der Waals surface area contributed by atoms with Crippen molar-refractivity contribution in [1.82, 2.24) is 15.3 Å². The molecule has 12 heteroatoms. The molecule has 9 nitrogen and oxygen atoms in total. The number of ether oxygens (including phenoxy) is 2. The van der Waals surface area contributed by atoms with Gasteiger partial charge in [0.15, 0.2) is 5.69 Å². The van der Waals surface area contributed by atoms with Crippen LogP contribution in [0.4, 0.5) is 24.8 Å². The van der Waals surface area contributed by atoms with Crippen molar-refractivity contribution in [2.24, 2.45) is 5.92 Å². The van der Waals surface area contributed by atoms with Gasteiger partial charge in [-0.15, -0.1) is 0 Å². The third-order valence-corrected chi connectivity index (χ3v) is 10.2. The highest BCUT2D eigenvalue weighted by molar-refractivity contribution is 5.98. The van der Waals surface area contributed by atoms with Crippen LogP contribution in [0.5, 0.6) is 5.75 Å². The van der Waals surface area contributed by atoms with Gasteiger partial charge in [0.2, 0.25) is 5.95 Å². The van der Waals surface area contributed by atoms with Crippen molar-refractivity contribution in [3.8, 4) is 5.75 Å². The topological polar surface area (TPSA) is 114 Å². The first-order valence-electron chi connectivity index (χ1n) is 16.2. The van der Waals surface area contributed by atoms with Crippen molar-refractivity contribution in [2.45, 2.75) is 101 Å². The fourth-order valence-electron chi connectivity index (χ4n) is 7.67. The molecule has 1 aromatic heterocycles. The molecule has 1 saturated heterocycles. The molecule has 244 valence electrons. The Bertz CT molecular complexity index is 1400. The zero-order valence-corrected chi connectivity index (χ0v) is 25.5. The maximum absolute atomic E-state index is 14.4. The van der Waals surface area contributed by atoms with E-state index in [0.717, 1.165) is 94.2 Å². The van der Waals surface area contributed by atoms with Crippen LogP contribution in [0.25, 0.3) is 0 Å². The number of carbonyl (C=O) groups is 2. The first-order valence-corrected chi connectivity index (χ1v) is 16.2. The van der Waals surface area contributed by atoms with Gasteiger partial charge in [0, 0.05) is 37.1 Å². The highest BCUT2D eigenvalue weighted by Gasteiger charge is 2.47. The molecule has 1 spiro atoms. The van der Waals surface area contributed by atoms with E-state index in [1.165, 1.54) is 0 Å². The van der Waals surface area contributed by atoms with Gasteiger partial charge in [-0.25, -0.2) is 14.8 Å². The lowest BCUT2D eigenvalue weighted by Gasteiger charge is -2.34. The summed E-state index contributed by atoms with van der Waals surface area (Å²) < 4.78 is 54.9. The first kappa shape index (κ1) is 31.6. The van der Waals surface area contributed by atoms with Crippen LogP contribution < -0.4 is 15.0 Å². The van der Waals surface area contributed by atoms with E-state index in [2.05, 4.69) is 15.3 Å². The van der Waals surface area contributed by atoms with Crippen LogP contribution >= 0.6 is 0 Å². The second-order valence-electron chi connectivity index (χ2n) is 13.1. The molecule has 45 heavy (non-hydrogen) atoms. The largest absolute Gasteiger partial charge is 0.494 e. The Morgan fingerprint density at radius 1 is 1.04 bits per heavy atom. The Hall–Kier alpha value is -3.41. The Labute approximate surface area is 260 Å². The van der Waals surface area contributed by atoms with Gasteiger partial charge in [-0.1, -0.05) is 38.5 Å². The Morgan fingerprint density at radius 2 is 1.73 bits per heavy atom. The van der Waals surface area contributed by atoms with Crippen LogP contribution in [0.15, 0.2) is 24.4 Å². The van der Waals surface area contributed by atoms with Crippen molar-refractivity contribution in [1.29, 1.82) is 0 Å². The molecule has 1 aromatic carbocycles. The molecule has 4 aliphatic rings. The number of hydrogen-bond acceptors (Lipinski definition) is 7. The van der Waals surface area contributed by atoms with Crippen LogP contribution in [0, 0.1) is 5.92 Å². The Morgan fingerprint density at radius 3 is 2.40 bits per heavy atom. The fraction of sp³-hybridized carbons (Fsp3) is 0.636. The molecule has 0 unspecified atom stereocenters. The number of rotatable bonds is 8. The number of anilines is 2. The number of halogens is 3. The minimum Gasteiger partial charge on any atom is -0.494 e. The number of nitrogens with zero attached hydrogens (tertiary/aromatic N) is 3. The maximum Gasteiger partial charge on any atom is 0.434 e. The molecule has 2 aromatic rings. The van der Waals surface area contributed by atoms with Crippen LogP contribution in [-0.2, 0) is 21.1 Å². The zero-order valence-electron chi connectivity index (χ0n) is 25.5. The Kier molecular flexibility index (Phi) is 8.96. The molecule has 6 rings (SSSR count). The van der Waals surface area contributed by atoms with E-state index in [0.29, 0.717) is 31.9 Å². The van der Waals surface area contributed by atoms with Crippen molar-refractivity contribution < 1.29 is 37.3 Å². The standard InChI is InChI=1S/C33H41F3N4O5/c34-33(35,36)27-24(28(41)39-32(29(42)43)14-5-2-6-15-32)20-37-30(38-27)40-21-31(12-3-1-4-13-31)25-19-23(7-8-26(25)40)45-18-11-22-9-16-44-17-10-22/h7-8,19-20,22H,1-6,9-18,21H2,(H,39,41)(H,42,43). The molecule has 0 radical (unpaired) electrons. The summed E-state index contributed by atoms with van der Waals surface area (Å²) in [5.41, 5.74) is -2.25. The molecule has 3 heterocycles. The van der Waals surface area contributed by atoms with Crippen molar-refractivity contribution in [2.75, 3.05) is 31.3 Å². The van der Waals surface area contributed by atoms with Crippen LogP contribution in [0.2, 0.25) is 0 Å². The van der Waals surface area contributed by atoms with E-state index in [1.807, 2.05) is 18.2 Å². The van der Waals surface area contributed by atoms with Gasteiger partial charge >= 0.3 is 12.1 Å². The van der Waals surface area contributed by atoms with Gasteiger partial charge in [0.1, 0.15) is 11.3 Å². The Balaban J connectivity index is 1.28. The lowest BCUT2D eigenvalue weighted by atomic mass is 9.71. The third kappa shape index (κ3) is 6.48. The predicted octanol–water partition coefficient (Wildman–Crippen LogP) is 6.56. The lowest BCUT2D eigenvalue weighted by Crippen LogP contribution is -2.55. The van der Waals surface area contributed by atoms with Crippen molar-refractivity contribution >= 4 is 23.5 Å². The second kappa shape index (κ2) is 12.8. The van der Waals surface area contributed by atoms with E-state index in [-0.39, 0.29) is 24.2 Å². The number of benzene rings is 1. The summed E-state index contributed by atoms with van der Waals surface area (Å²) in [5.74, 6) is -1.20. The monoisotopic (exact) mass is 630 g/mol. The average molecular weight is 631 g/mol.